The van der Waals surface area contributed by atoms with Crippen LogP contribution in [0.15, 0.2) is 35.3 Å². The summed E-state index contributed by atoms with van der Waals surface area (Å²) in [7, 11) is 1.47. The molecule has 0 N–H and O–H groups in total. The largest absolute Gasteiger partial charge is 0.397 e. The van der Waals surface area contributed by atoms with E-state index in [1.165, 1.54) is 7.11 Å². The first-order valence-electron chi connectivity index (χ1n) is 6.03. The average Bonchev–Trinajstić information content (AvgIpc) is 2.35. The van der Waals surface area contributed by atoms with Gasteiger partial charge in [-0.15, -0.1) is 0 Å². The summed E-state index contributed by atoms with van der Waals surface area (Å²) >= 11 is 0. The van der Waals surface area contributed by atoms with Crippen molar-refractivity contribution in [3.8, 4) is 0 Å². The maximum atomic E-state index is 12.2. The van der Waals surface area contributed by atoms with Crippen LogP contribution in [0.5, 0.6) is 0 Å². The molecule has 1 aliphatic rings. The average molecular weight is 259 g/mol. The molecular weight excluding hydrogens is 242 g/mol. The number of carbonyl (C=O) groups is 1. The molecule has 2 rings (SSSR count). The maximum Gasteiger partial charge on any atom is 0.263 e. The van der Waals surface area contributed by atoms with Crippen LogP contribution in [-0.2, 0) is 9.63 Å². The fourth-order valence-electron chi connectivity index (χ4n) is 1.93. The van der Waals surface area contributed by atoms with Crippen LogP contribution in [-0.4, -0.2) is 34.3 Å². The Bertz CT molecular complexity index is 542. The molecule has 0 spiro atoms. The van der Waals surface area contributed by atoms with E-state index in [-0.39, 0.29) is 11.4 Å². The minimum atomic E-state index is -0.319. The van der Waals surface area contributed by atoms with Gasteiger partial charge >= 0.3 is 0 Å². The Morgan fingerprint density at radius 2 is 2.16 bits per heavy atom. The lowest BCUT2D eigenvalue weighted by atomic mass is 9.93. The normalized spacial score (nSPS) is 19.8. The van der Waals surface area contributed by atoms with Gasteiger partial charge in [0.15, 0.2) is 5.84 Å². The van der Waals surface area contributed by atoms with E-state index in [2.05, 4.69) is 10.1 Å². The first-order valence-corrected chi connectivity index (χ1v) is 6.03. The van der Waals surface area contributed by atoms with Crippen LogP contribution in [0.2, 0.25) is 0 Å². The number of carbonyl (C=O) groups excluding carboxylic acids is 1. The van der Waals surface area contributed by atoms with E-state index in [0.717, 1.165) is 5.56 Å². The minimum absolute atomic E-state index is 0.0489. The Morgan fingerprint density at radius 1 is 1.42 bits per heavy atom. The molecule has 0 saturated carbocycles. The Hall–Kier alpha value is -2.17. The predicted octanol–water partition coefficient (Wildman–Crippen LogP) is 2.07. The second-order valence-electron chi connectivity index (χ2n) is 5.25. The van der Waals surface area contributed by atoms with Crippen LogP contribution in [0, 0.1) is 0 Å². The Balaban J connectivity index is 2.36. The van der Waals surface area contributed by atoms with Crippen LogP contribution in [0.3, 0.4) is 0 Å². The minimum Gasteiger partial charge on any atom is -0.397 e. The summed E-state index contributed by atoms with van der Waals surface area (Å²) < 4.78 is 0. The third-order valence-corrected chi connectivity index (χ3v) is 2.73. The lowest BCUT2D eigenvalue weighted by Crippen LogP contribution is -2.60. The Labute approximate surface area is 112 Å². The summed E-state index contributed by atoms with van der Waals surface area (Å²) in [5.41, 5.74) is 1.09. The van der Waals surface area contributed by atoms with Crippen LogP contribution in [0.1, 0.15) is 26.3 Å². The van der Waals surface area contributed by atoms with E-state index in [1.54, 1.807) is 23.4 Å². The van der Waals surface area contributed by atoms with Gasteiger partial charge in [0.1, 0.15) is 7.11 Å². The SMILES string of the molecule is CON=C1C(=Cc2cccnc2)C(=O)N1C(C)(C)C. The molecule has 1 aromatic heterocycles. The van der Waals surface area contributed by atoms with Crippen LogP contribution < -0.4 is 0 Å². The third kappa shape index (κ3) is 2.50. The topological polar surface area (TPSA) is 54.8 Å². The maximum absolute atomic E-state index is 12.2. The highest BCUT2D eigenvalue weighted by molar-refractivity contribution is 6.38. The van der Waals surface area contributed by atoms with Gasteiger partial charge in [-0.25, -0.2) is 0 Å². The number of nitrogens with zero attached hydrogens (tertiary/aromatic N) is 3. The van der Waals surface area contributed by atoms with Crippen molar-refractivity contribution in [1.82, 2.24) is 9.88 Å². The van der Waals surface area contributed by atoms with Gasteiger partial charge in [0, 0.05) is 17.9 Å². The lowest BCUT2D eigenvalue weighted by molar-refractivity contribution is -0.129. The molecule has 5 heteroatoms. The molecule has 0 atom stereocenters. The molecule has 0 aliphatic carbocycles. The number of amides is 1. The number of rotatable bonds is 2. The highest BCUT2D eigenvalue weighted by atomic mass is 16.6. The summed E-state index contributed by atoms with van der Waals surface area (Å²) in [5, 5.41) is 3.94. The molecule has 1 saturated heterocycles. The number of oxime groups is 1. The second-order valence-corrected chi connectivity index (χ2v) is 5.25. The van der Waals surface area contributed by atoms with E-state index in [1.807, 2.05) is 32.9 Å². The highest BCUT2D eigenvalue weighted by Gasteiger charge is 2.45. The molecular formula is C14H17N3O2. The van der Waals surface area contributed by atoms with E-state index >= 15 is 0 Å². The molecule has 0 unspecified atom stereocenters. The molecule has 0 radical (unpaired) electrons. The van der Waals surface area contributed by atoms with Gasteiger partial charge in [0.25, 0.3) is 5.91 Å². The number of amidine groups is 1. The van der Waals surface area contributed by atoms with Gasteiger partial charge in [0.05, 0.1) is 5.57 Å². The standard InChI is InChI=1S/C14H17N3O2/c1-14(2,3)17-12(16-19-4)11(13(17)18)8-10-6-5-7-15-9-10/h5-9H,1-4H3. The van der Waals surface area contributed by atoms with Crippen LogP contribution >= 0.6 is 0 Å². The summed E-state index contributed by atoms with van der Waals surface area (Å²) in [4.78, 5) is 22.7. The van der Waals surface area contributed by atoms with E-state index in [4.69, 9.17) is 4.84 Å². The van der Waals surface area contributed by atoms with Crippen molar-refractivity contribution in [2.75, 3.05) is 7.11 Å². The van der Waals surface area contributed by atoms with Gasteiger partial charge in [-0.1, -0.05) is 11.2 Å². The zero-order chi connectivity index (χ0) is 14.0. The van der Waals surface area contributed by atoms with Crippen molar-refractivity contribution in [3.05, 3.63) is 35.7 Å². The van der Waals surface area contributed by atoms with Crippen molar-refractivity contribution in [1.29, 1.82) is 0 Å². The smallest absolute Gasteiger partial charge is 0.263 e. The summed E-state index contributed by atoms with van der Waals surface area (Å²) in [5.74, 6) is 0.510. The monoisotopic (exact) mass is 259 g/mol. The molecule has 1 aromatic rings. The Kier molecular flexibility index (Phi) is 3.38. The van der Waals surface area contributed by atoms with Gasteiger partial charge in [-0.2, -0.15) is 0 Å². The van der Waals surface area contributed by atoms with E-state index in [9.17, 15) is 4.79 Å². The number of hydrogen-bond acceptors (Lipinski definition) is 4. The summed E-state index contributed by atoms with van der Waals surface area (Å²) in [6.07, 6.45) is 5.16. The molecule has 1 fully saturated rings. The van der Waals surface area contributed by atoms with Crippen molar-refractivity contribution in [3.63, 3.8) is 0 Å². The van der Waals surface area contributed by atoms with Gasteiger partial charge in [-0.05, 0) is 38.5 Å². The van der Waals surface area contributed by atoms with Gasteiger partial charge in [-0.3, -0.25) is 14.7 Å². The quantitative estimate of drug-likeness (QED) is 0.464. The molecule has 0 aromatic carbocycles. The first kappa shape index (κ1) is 13.3. The fourth-order valence-corrected chi connectivity index (χ4v) is 1.93. The second kappa shape index (κ2) is 4.84. The summed E-state index contributed by atoms with van der Waals surface area (Å²) in [6.45, 7) is 5.87. The van der Waals surface area contributed by atoms with E-state index < -0.39 is 0 Å². The molecule has 1 amide bonds. The lowest BCUT2D eigenvalue weighted by Gasteiger charge is -2.43. The number of likely N-dealkylation sites (tertiary alicyclic amines) is 1. The molecule has 100 valence electrons. The molecule has 0 bridgehead atoms. The fraction of sp³-hybridized carbons (Fsp3) is 0.357. The van der Waals surface area contributed by atoms with Crippen LogP contribution in [0.25, 0.3) is 6.08 Å². The van der Waals surface area contributed by atoms with Crippen LogP contribution in [0.4, 0.5) is 0 Å². The third-order valence-electron chi connectivity index (χ3n) is 2.73. The van der Waals surface area contributed by atoms with Crippen molar-refractivity contribution < 1.29 is 9.63 Å². The van der Waals surface area contributed by atoms with Gasteiger partial charge < -0.3 is 4.84 Å². The molecule has 5 nitrogen and oxygen atoms in total. The molecule has 1 aliphatic heterocycles. The Morgan fingerprint density at radius 3 is 2.68 bits per heavy atom. The van der Waals surface area contributed by atoms with E-state index in [0.29, 0.717) is 11.4 Å². The zero-order valence-electron chi connectivity index (χ0n) is 11.5. The highest BCUT2D eigenvalue weighted by Crippen LogP contribution is 2.30. The zero-order valence-corrected chi connectivity index (χ0v) is 11.5. The predicted molar refractivity (Wildman–Crippen MR) is 73.3 cm³/mol. The number of β-lactam (4-membered cyclic amide) rings is 1. The number of aromatic nitrogens is 1. The van der Waals surface area contributed by atoms with Crippen molar-refractivity contribution >= 4 is 17.8 Å². The number of hydrogen-bond donors (Lipinski definition) is 0. The number of pyridine rings is 1. The van der Waals surface area contributed by atoms with Crippen molar-refractivity contribution in [2.24, 2.45) is 5.16 Å². The van der Waals surface area contributed by atoms with Gasteiger partial charge in [0.2, 0.25) is 0 Å². The molecule has 2 heterocycles. The first-order chi connectivity index (χ1) is 8.95. The van der Waals surface area contributed by atoms with Crippen molar-refractivity contribution in [2.45, 2.75) is 26.3 Å². The summed E-state index contributed by atoms with van der Waals surface area (Å²) in [6, 6.07) is 3.71. The molecule has 19 heavy (non-hydrogen) atoms.